The molecule has 2 heteroatoms. The van der Waals surface area contributed by atoms with Crippen LogP contribution in [0.25, 0.3) is 0 Å². The van der Waals surface area contributed by atoms with E-state index in [0.29, 0.717) is 12.2 Å². The smallest absolute Gasteiger partial charge is 0.0701 e. The number of hydrogen-bond donors (Lipinski definition) is 0. The van der Waals surface area contributed by atoms with E-state index in [0.717, 1.165) is 13.2 Å². The van der Waals surface area contributed by atoms with E-state index in [2.05, 4.69) is 32.4 Å². The lowest BCUT2D eigenvalue weighted by Crippen LogP contribution is -2.23. The molecule has 0 amide bonds. The molecule has 1 aliphatic heterocycles. The normalized spacial score (nSPS) is 14.1. The zero-order valence-electron chi connectivity index (χ0n) is 28.6. The number of hydrogen-bond acceptors (Lipinski definition) is 2. The van der Waals surface area contributed by atoms with Gasteiger partial charge in [-0.15, -0.1) is 0 Å². The molecule has 1 aliphatic rings. The summed E-state index contributed by atoms with van der Waals surface area (Å²) in [6.07, 6.45) is 42.9. The second-order valence-corrected chi connectivity index (χ2v) is 12.9. The Morgan fingerprint density at radius 2 is 0.550 bits per heavy atom. The van der Waals surface area contributed by atoms with Gasteiger partial charge >= 0.3 is 0 Å². The van der Waals surface area contributed by atoms with Crippen LogP contribution in [0.5, 0.6) is 0 Å². The van der Waals surface area contributed by atoms with Gasteiger partial charge in [-0.2, -0.15) is 0 Å². The van der Waals surface area contributed by atoms with Crippen LogP contribution in [0, 0.1) is 0 Å². The van der Waals surface area contributed by atoms with E-state index in [4.69, 9.17) is 4.74 Å². The molecule has 0 bridgehead atoms. The van der Waals surface area contributed by atoms with Gasteiger partial charge in [-0.3, -0.25) is 0 Å². The van der Waals surface area contributed by atoms with Gasteiger partial charge in [0.2, 0.25) is 0 Å². The molecule has 2 atom stereocenters. The molecule has 0 aromatic carbocycles. The second-order valence-electron chi connectivity index (χ2n) is 12.9. The molecule has 1 saturated heterocycles. The molecule has 0 aliphatic carbocycles. The van der Waals surface area contributed by atoms with Crippen molar-refractivity contribution in [2.45, 2.75) is 233 Å². The van der Waals surface area contributed by atoms with Gasteiger partial charge in [-0.1, -0.05) is 195 Å². The van der Waals surface area contributed by atoms with Crippen LogP contribution in [0.1, 0.15) is 220 Å². The molecule has 2 unspecified atom stereocenters. The average molecular weight is 567 g/mol. The highest BCUT2D eigenvalue weighted by Gasteiger charge is 2.17. The van der Waals surface area contributed by atoms with Crippen LogP contribution in [-0.4, -0.2) is 25.4 Å². The van der Waals surface area contributed by atoms with Gasteiger partial charge in [0.1, 0.15) is 0 Å². The summed E-state index contributed by atoms with van der Waals surface area (Å²) in [7, 11) is 0. The minimum atomic E-state index is 0.525. The summed E-state index contributed by atoms with van der Waals surface area (Å²) in [5.41, 5.74) is 0. The standard InChI is InChI=1S/C36H74O.C2H4O/c1-5-9-13-17-21-25-29-33-35(31-27-23-19-15-11-7-3)37-36(32-28-24-20-16-12-8-4)34-30-26-22-18-14-10-6-2;1-2-3-1/h35-36H,5-34H2,1-4H3;1-2H2. The van der Waals surface area contributed by atoms with Crippen molar-refractivity contribution in [3.05, 3.63) is 0 Å². The molecule has 0 radical (unpaired) electrons. The minimum absolute atomic E-state index is 0.525. The van der Waals surface area contributed by atoms with Gasteiger partial charge in [0.25, 0.3) is 0 Å². The molecule has 0 aromatic rings. The lowest BCUT2D eigenvalue weighted by atomic mass is 9.99. The third-order valence-electron chi connectivity index (χ3n) is 8.61. The summed E-state index contributed by atoms with van der Waals surface area (Å²) >= 11 is 0. The first-order valence-electron chi connectivity index (χ1n) is 19.0. The highest BCUT2D eigenvalue weighted by molar-refractivity contribution is 4.67. The van der Waals surface area contributed by atoms with Crippen LogP contribution in [0.3, 0.4) is 0 Å². The van der Waals surface area contributed by atoms with E-state index >= 15 is 0 Å². The number of unbranched alkanes of at least 4 members (excludes halogenated alkanes) is 22. The molecule has 0 N–H and O–H groups in total. The van der Waals surface area contributed by atoms with Crippen molar-refractivity contribution < 1.29 is 9.47 Å². The number of epoxide rings is 1. The average Bonchev–Trinajstić information content (AvgIpc) is 3.85. The predicted octanol–water partition coefficient (Wildman–Crippen LogP) is 13.5. The molecule has 242 valence electrons. The zero-order valence-corrected chi connectivity index (χ0v) is 28.6. The number of rotatable bonds is 32. The van der Waals surface area contributed by atoms with Crippen molar-refractivity contribution in [2.75, 3.05) is 13.2 Å². The van der Waals surface area contributed by atoms with Crippen LogP contribution in [0.15, 0.2) is 0 Å². The molecule has 1 rings (SSSR count). The molecule has 0 saturated carbocycles. The van der Waals surface area contributed by atoms with Gasteiger partial charge in [-0.05, 0) is 25.7 Å². The van der Waals surface area contributed by atoms with Gasteiger partial charge in [0, 0.05) is 0 Å². The van der Waals surface area contributed by atoms with Gasteiger partial charge in [0.05, 0.1) is 25.4 Å². The van der Waals surface area contributed by atoms with Gasteiger partial charge in [-0.25, -0.2) is 0 Å². The van der Waals surface area contributed by atoms with Crippen LogP contribution in [0.4, 0.5) is 0 Å². The first-order chi connectivity index (χ1) is 19.8. The highest BCUT2D eigenvalue weighted by atomic mass is 16.6. The summed E-state index contributed by atoms with van der Waals surface area (Å²) in [4.78, 5) is 0. The zero-order chi connectivity index (χ0) is 29.2. The van der Waals surface area contributed by atoms with E-state index in [-0.39, 0.29) is 0 Å². The van der Waals surface area contributed by atoms with Crippen LogP contribution < -0.4 is 0 Å². The Kier molecular flexibility index (Phi) is 35.0. The van der Waals surface area contributed by atoms with Crippen molar-refractivity contribution in [3.8, 4) is 0 Å². The number of ether oxygens (including phenoxy) is 2. The Labute approximate surface area is 254 Å². The van der Waals surface area contributed by atoms with E-state index in [1.165, 1.54) is 193 Å². The van der Waals surface area contributed by atoms with Crippen LogP contribution in [-0.2, 0) is 9.47 Å². The Bertz CT molecular complexity index is 396. The third kappa shape index (κ3) is 34.1. The summed E-state index contributed by atoms with van der Waals surface area (Å²) in [5, 5.41) is 0. The largest absolute Gasteiger partial charge is 0.377 e. The summed E-state index contributed by atoms with van der Waals surface area (Å²) in [6.45, 7) is 11.3. The second kappa shape index (κ2) is 35.1. The predicted molar refractivity (Wildman–Crippen MR) is 181 cm³/mol. The van der Waals surface area contributed by atoms with E-state index in [9.17, 15) is 0 Å². The molecule has 1 fully saturated rings. The maximum atomic E-state index is 7.00. The molecular weight excluding hydrogens is 488 g/mol. The molecule has 40 heavy (non-hydrogen) atoms. The lowest BCUT2D eigenvalue weighted by molar-refractivity contribution is -0.0324. The van der Waals surface area contributed by atoms with E-state index < -0.39 is 0 Å². The van der Waals surface area contributed by atoms with Crippen molar-refractivity contribution in [1.82, 2.24) is 0 Å². The fourth-order valence-corrected chi connectivity index (χ4v) is 5.80. The first kappa shape index (κ1) is 39.9. The molecule has 0 aromatic heterocycles. The topological polar surface area (TPSA) is 21.8 Å². The molecular formula is C38H78O2. The van der Waals surface area contributed by atoms with Crippen molar-refractivity contribution >= 4 is 0 Å². The highest BCUT2D eigenvalue weighted by Crippen LogP contribution is 2.23. The van der Waals surface area contributed by atoms with Crippen LogP contribution in [0.2, 0.25) is 0 Å². The summed E-state index contributed by atoms with van der Waals surface area (Å²) in [5.74, 6) is 0. The van der Waals surface area contributed by atoms with Crippen molar-refractivity contribution in [1.29, 1.82) is 0 Å². The lowest BCUT2D eigenvalue weighted by Gasteiger charge is -2.26. The van der Waals surface area contributed by atoms with E-state index in [1.54, 1.807) is 0 Å². The quantitative estimate of drug-likeness (QED) is 0.0596. The fourth-order valence-electron chi connectivity index (χ4n) is 5.80. The van der Waals surface area contributed by atoms with Crippen LogP contribution >= 0.6 is 0 Å². The molecule has 2 nitrogen and oxygen atoms in total. The maximum absolute atomic E-state index is 7.00. The Morgan fingerprint density at radius 1 is 0.350 bits per heavy atom. The Hall–Kier alpha value is -0.0800. The van der Waals surface area contributed by atoms with Crippen molar-refractivity contribution in [3.63, 3.8) is 0 Å². The molecule has 0 spiro atoms. The minimum Gasteiger partial charge on any atom is -0.377 e. The van der Waals surface area contributed by atoms with E-state index in [1.807, 2.05) is 0 Å². The third-order valence-corrected chi connectivity index (χ3v) is 8.61. The summed E-state index contributed by atoms with van der Waals surface area (Å²) in [6, 6.07) is 0. The monoisotopic (exact) mass is 567 g/mol. The summed E-state index contributed by atoms with van der Waals surface area (Å²) < 4.78 is 11.5. The Balaban J connectivity index is 0.00000471. The fraction of sp³-hybridized carbons (Fsp3) is 1.00. The Morgan fingerprint density at radius 3 is 0.750 bits per heavy atom. The first-order valence-corrected chi connectivity index (χ1v) is 19.0. The van der Waals surface area contributed by atoms with Crippen molar-refractivity contribution in [2.24, 2.45) is 0 Å². The SMILES string of the molecule is C1CO1.CCCCCCCCCC(CCCCCCCC)OC(CCCCCCCC)CCCCCCCCC. The molecule has 1 heterocycles. The maximum Gasteiger partial charge on any atom is 0.0701 e. The van der Waals surface area contributed by atoms with Gasteiger partial charge < -0.3 is 9.47 Å². The van der Waals surface area contributed by atoms with Gasteiger partial charge in [0.15, 0.2) is 0 Å².